The molecular weight excluding hydrogens is 426 g/mol. The molecule has 8 heteroatoms. The Labute approximate surface area is 200 Å². The molecule has 1 saturated heterocycles. The Bertz CT molecular complexity index is 1210. The molecule has 1 amide bonds. The molecule has 0 saturated carbocycles. The summed E-state index contributed by atoms with van der Waals surface area (Å²) in [5.41, 5.74) is 6.23. The van der Waals surface area contributed by atoms with Gasteiger partial charge in [-0.25, -0.2) is 9.97 Å². The van der Waals surface area contributed by atoms with Gasteiger partial charge < -0.3 is 15.1 Å². The lowest BCUT2D eigenvalue weighted by Gasteiger charge is -2.38. The molecule has 2 N–H and O–H groups in total. The van der Waals surface area contributed by atoms with Crippen LogP contribution in [0.1, 0.15) is 35.2 Å². The van der Waals surface area contributed by atoms with Crippen LogP contribution in [0.5, 0.6) is 0 Å². The molecule has 2 aromatic heterocycles. The Morgan fingerprint density at radius 2 is 2.03 bits per heavy atom. The highest BCUT2D eigenvalue weighted by Crippen LogP contribution is 2.42. The summed E-state index contributed by atoms with van der Waals surface area (Å²) < 4.78 is 0. The van der Waals surface area contributed by atoms with E-state index in [1.54, 1.807) is 12.4 Å². The van der Waals surface area contributed by atoms with Gasteiger partial charge in [0.15, 0.2) is 0 Å². The van der Waals surface area contributed by atoms with Crippen LogP contribution in [0, 0.1) is 12.8 Å². The monoisotopic (exact) mass is 459 g/mol. The molecule has 3 heterocycles. The lowest BCUT2D eigenvalue weighted by molar-refractivity contribution is -0.126. The summed E-state index contributed by atoms with van der Waals surface area (Å²) in [5, 5.41) is 11.7. The number of fused-ring (bicyclic) bond motifs is 2. The second kappa shape index (κ2) is 9.54. The second-order valence-electron chi connectivity index (χ2n) is 9.51. The van der Waals surface area contributed by atoms with Crippen LogP contribution in [-0.2, 0) is 17.6 Å². The fourth-order valence-electron chi connectivity index (χ4n) is 5.52. The standard InChI is InChI=1S/C26H33N7O/c1-17-6-7-22-21(15-30-31-22)25(17)19-14-23-20(13-18(19)2)26(29-16-28-23)33-11-9-32(10-12-33)24(34)5-4-8-27-3/h4-7,15-16,18-19,27H,8-14H2,1-3H3,(H,30,31)/b5-4+/t18-,19-/m1/s1. The van der Waals surface area contributed by atoms with Gasteiger partial charge >= 0.3 is 0 Å². The summed E-state index contributed by atoms with van der Waals surface area (Å²) in [5.74, 6) is 2.00. The maximum absolute atomic E-state index is 12.4. The topological polar surface area (TPSA) is 90.0 Å². The fraction of sp³-hybridized carbons (Fsp3) is 0.462. The number of aryl methyl sites for hydroxylation is 1. The van der Waals surface area contributed by atoms with Gasteiger partial charge in [0.25, 0.3) is 0 Å². The largest absolute Gasteiger partial charge is 0.353 e. The molecule has 2 aliphatic rings. The number of carbonyl (C=O) groups is 1. The number of likely N-dealkylation sites (N-methyl/N-ethyl adjacent to an activating group) is 1. The Hall–Kier alpha value is -3.26. The van der Waals surface area contributed by atoms with E-state index < -0.39 is 0 Å². The van der Waals surface area contributed by atoms with Crippen molar-refractivity contribution in [1.82, 2.24) is 30.4 Å². The van der Waals surface area contributed by atoms with Crippen LogP contribution in [0.25, 0.3) is 10.9 Å². The number of H-pyrrole nitrogens is 1. The van der Waals surface area contributed by atoms with Gasteiger partial charge in [-0.15, -0.1) is 0 Å². The quantitative estimate of drug-likeness (QED) is 0.570. The zero-order valence-electron chi connectivity index (χ0n) is 20.2. The SMILES string of the molecule is CNC/C=C/C(=O)N1CCN(c2ncnc3c2C[C@@H](C)[C@H](c2c(C)ccc4[nH]ncc24)C3)CC1. The molecule has 1 fully saturated rings. The molecule has 5 rings (SSSR count). The molecular formula is C26H33N7O. The number of hydrogen-bond acceptors (Lipinski definition) is 6. The van der Waals surface area contributed by atoms with E-state index >= 15 is 0 Å². The number of piperazine rings is 1. The second-order valence-corrected chi connectivity index (χ2v) is 9.51. The molecule has 8 nitrogen and oxygen atoms in total. The summed E-state index contributed by atoms with van der Waals surface area (Å²) in [6, 6.07) is 4.31. The molecule has 0 radical (unpaired) electrons. The van der Waals surface area contributed by atoms with Gasteiger partial charge in [-0.3, -0.25) is 9.89 Å². The highest BCUT2D eigenvalue weighted by atomic mass is 16.2. The summed E-state index contributed by atoms with van der Waals surface area (Å²) in [6.45, 7) is 8.25. The van der Waals surface area contributed by atoms with Crippen molar-refractivity contribution in [2.75, 3.05) is 44.7 Å². The third kappa shape index (κ3) is 4.18. The van der Waals surface area contributed by atoms with Crippen LogP contribution in [0.2, 0.25) is 0 Å². The van der Waals surface area contributed by atoms with Crippen molar-refractivity contribution in [3.8, 4) is 0 Å². The third-order valence-corrected chi connectivity index (χ3v) is 7.37. The summed E-state index contributed by atoms with van der Waals surface area (Å²) >= 11 is 0. The number of carbonyl (C=O) groups excluding carboxylic acids is 1. The lowest BCUT2D eigenvalue weighted by Crippen LogP contribution is -2.49. The van der Waals surface area contributed by atoms with Crippen molar-refractivity contribution in [2.45, 2.75) is 32.6 Å². The number of rotatable bonds is 5. The number of benzene rings is 1. The number of aromatic amines is 1. The van der Waals surface area contributed by atoms with Crippen LogP contribution in [0.3, 0.4) is 0 Å². The van der Waals surface area contributed by atoms with Crippen molar-refractivity contribution >= 4 is 22.6 Å². The number of hydrogen-bond donors (Lipinski definition) is 2. The van der Waals surface area contributed by atoms with E-state index in [1.165, 1.54) is 22.1 Å². The maximum atomic E-state index is 12.4. The lowest BCUT2D eigenvalue weighted by atomic mass is 9.73. The summed E-state index contributed by atoms with van der Waals surface area (Å²) in [6.07, 6.45) is 9.08. The summed E-state index contributed by atoms with van der Waals surface area (Å²) in [4.78, 5) is 26.1. The van der Waals surface area contributed by atoms with E-state index in [0.717, 1.165) is 43.0 Å². The van der Waals surface area contributed by atoms with Crippen LogP contribution in [-0.4, -0.2) is 70.7 Å². The minimum absolute atomic E-state index is 0.0832. The van der Waals surface area contributed by atoms with E-state index in [1.807, 2.05) is 24.2 Å². The Kier molecular flexibility index (Phi) is 6.32. The first-order valence-electron chi connectivity index (χ1n) is 12.2. The normalized spacial score (nSPS) is 20.8. The predicted molar refractivity (Wildman–Crippen MR) is 134 cm³/mol. The van der Waals surface area contributed by atoms with E-state index in [2.05, 4.69) is 46.4 Å². The van der Waals surface area contributed by atoms with Gasteiger partial charge in [-0.1, -0.05) is 19.1 Å². The zero-order chi connectivity index (χ0) is 23.7. The minimum atomic E-state index is 0.0832. The number of nitrogens with zero attached hydrogens (tertiary/aromatic N) is 5. The predicted octanol–water partition coefficient (Wildman–Crippen LogP) is 2.60. The smallest absolute Gasteiger partial charge is 0.246 e. The minimum Gasteiger partial charge on any atom is -0.353 e. The molecule has 0 bridgehead atoms. The fourth-order valence-corrected chi connectivity index (χ4v) is 5.52. The number of amides is 1. The molecule has 0 unspecified atom stereocenters. The third-order valence-electron chi connectivity index (χ3n) is 7.37. The van der Waals surface area contributed by atoms with Crippen molar-refractivity contribution in [3.05, 3.63) is 59.2 Å². The number of aromatic nitrogens is 4. The van der Waals surface area contributed by atoms with Crippen LogP contribution in [0.4, 0.5) is 5.82 Å². The van der Waals surface area contributed by atoms with Gasteiger partial charge in [0.1, 0.15) is 12.1 Å². The van der Waals surface area contributed by atoms with Crippen molar-refractivity contribution in [2.24, 2.45) is 5.92 Å². The van der Waals surface area contributed by atoms with Crippen LogP contribution in [0.15, 0.2) is 36.8 Å². The highest BCUT2D eigenvalue weighted by molar-refractivity contribution is 5.87. The van der Waals surface area contributed by atoms with Crippen LogP contribution < -0.4 is 10.2 Å². The van der Waals surface area contributed by atoms with Crippen LogP contribution >= 0.6 is 0 Å². The Morgan fingerprint density at radius 3 is 2.82 bits per heavy atom. The van der Waals surface area contributed by atoms with Gasteiger partial charge in [-0.2, -0.15) is 5.10 Å². The molecule has 34 heavy (non-hydrogen) atoms. The zero-order valence-corrected chi connectivity index (χ0v) is 20.2. The number of nitrogens with one attached hydrogen (secondary N) is 2. The van der Waals surface area contributed by atoms with Crippen molar-refractivity contribution in [1.29, 1.82) is 0 Å². The van der Waals surface area contributed by atoms with E-state index in [4.69, 9.17) is 9.97 Å². The summed E-state index contributed by atoms with van der Waals surface area (Å²) in [7, 11) is 1.87. The average molecular weight is 460 g/mol. The van der Waals surface area contributed by atoms with E-state index in [0.29, 0.717) is 31.5 Å². The average Bonchev–Trinajstić information content (AvgIpc) is 3.33. The molecule has 0 spiro atoms. The van der Waals surface area contributed by atoms with Gasteiger partial charge in [0, 0.05) is 55.4 Å². The molecule has 2 atom stereocenters. The molecule has 1 aliphatic carbocycles. The van der Waals surface area contributed by atoms with Crippen molar-refractivity contribution in [3.63, 3.8) is 0 Å². The first-order valence-corrected chi connectivity index (χ1v) is 12.2. The van der Waals surface area contributed by atoms with E-state index in [-0.39, 0.29) is 5.91 Å². The highest BCUT2D eigenvalue weighted by Gasteiger charge is 2.33. The molecule has 1 aliphatic heterocycles. The Morgan fingerprint density at radius 1 is 1.21 bits per heavy atom. The molecule has 178 valence electrons. The number of anilines is 1. The van der Waals surface area contributed by atoms with E-state index in [9.17, 15) is 4.79 Å². The first-order chi connectivity index (χ1) is 16.6. The van der Waals surface area contributed by atoms with Crippen molar-refractivity contribution < 1.29 is 4.79 Å². The molecule has 3 aromatic rings. The maximum Gasteiger partial charge on any atom is 0.246 e. The first kappa shape index (κ1) is 22.5. The Balaban J connectivity index is 1.35. The molecule has 1 aromatic carbocycles. The van der Waals surface area contributed by atoms with Gasteiger partial charge in [-0.05, 0) is 55.8 Å². The van der Waals surface area contributed by atoms with Gasteiger partial charge in [0.2, 0.25) is 5.91 Å². The van der Waals surface area contributed by atoms with Gasteiger partial charge in [0.05, 0.1) is 11.7 Å².